The number of ether oxygens (including phenoxy) is 2. The summed E-state index contributed by atoms with van der Waals surface area (Å²) in [7, 11) is 0. The van der Waals surface area contributed by atoms with Gasteiger partial charge in [-0.1, -0.05) is 29.8 Å². The highest BCUT2D eigenvalue weighted by atomic mass is 79.9. The minimum atomic E-state index is -0.123. The van der Waals surface area contributed by atoms with Crippen LogP contribution in [0.2, 0.25) is 0 Å². The van der Waals surface area contributed by atoms with E-state index in [1.807, 2.05) is 18.2 Å². The maximum absolute atomic E-state index is 12.5. The number of halogens is 1. The smallest absolute Gasteiger partial charge is 0.315 e. The fourth-order valence-electron chi connectivity index (χ4n) is 3.62. The van der Waals surface area contributed by atoms with Gasteiger partial charge in [-0.05, 0) is 24.1 Å². The molecule has 1 aromatic carbocycles. The second kappa shape index (κ2) is 9.06. The third kappa shape index (κ3) is 4.90. The standard InChI is InChI=1S/C19H28BrN3O3/c1-13(2)17(23-6-9-25-10-7-23)12-21-19(24)22-16-5-8-26-18-4-3-14(20)11-15(16)18/h3-4,11,13,16-17H,5-10,12H2,1-2H3,(H2,21,22,24). The summed E-state index contributed by atoms with van der Waals surface area (Å²) in [4.78, 5) is 14.9. The Kier molecular flexibility index (Phi) is 6.78. The zero-order chi connectivity index (χ0) is 18.5. The number of morpholine rings is 1. The number of benzene rings is 1. The maximum atomic E-state index is 12.5. The van der Waals surface area contributed by atoms with Crippen LogP contribution in [-0.2, 0) is 4.74 Å². The van der Waals surface area contributed by atoms with E-state index in [4.69, 9.17) is 9.47 Å². The van der Waals surface area contributed by atoms with Gasteiger partial charge in [0.25, 0.3) is 0 Å². The number of rotatable bonds is 5. The molecular formula is C19H28BrN3O3. The monoisotopic (exact) mass is 425 g/mol. The third-order valence-corrected chi connectivity index (χ3v) is 5.57. The zero-order valence-electron chi connectivity index (χ0n) is 15.5. The Hall–Kier alpha value is -1.31. The molecule has 6 nitrogen and oxygen atoms in total. The van der Waals surface area contributed by atoms with Crippen molar-refractivity contribution in [3.8, 4) is 5.75 Å². The lowest BCUT2D eigenvalue weighted by atomic mass is 10.0. The van der Waals surface area contributed by atoms with E-state index in [9.17, 15) is 4.79 Å². The molecule has 0 saturated carbocycles. The molecule has 0 aromatic heterocycles. The Bertz CT molecular complexity index is 620. The lowest BCUT2D eigenvalue weighted by molar-refractivity contribution is 0.00717. The Balaban J connectivity index is 1.56. The number of carbonyl (C=O) groups excluding carboxylic acids is 1. The largest absolute Gasteiger partial charge is 0.493 e. The predicted octanol–water partition coefficient (Wildman–Crippen LogP) is 2.93. The maximum Gasteiger partial charge on any atom is 0.315 e. The van der Waals surface area contributed by atoms with E-state index >= 15 is 0 Å². The van der Waals surface area contributed by atoms with Gasteiger partial charge in [-0.15, -0.1) is 0 Å². The lowest BCUT2D eigenvalue weighted by Gasteiger charge is -2.37. The third-order valence-electron chi connectivity index (χ3n) is 5.07. The van der Waals surface area contributed by atoms with Crippen LogP contribution >= 0.6 is 15.9 Å². The number of fused-ring (bicyclic) bond motifs is 1. The summed E-state index contributed by atoms with van der Waals surface area (Å²) in [6.45, 7) is 9.03. The summed E-state index contributed by atoms with van der Waals surface area (Å²) >= 11 is 3.49. The lowest BCUT2D eigenvalue weighted by Crippen LogP contribution is -2.52. The van der Waals surface area contributed by atoms with Gasteiger partial charge < -0.3 is 20.1 Å². The molecule has 0 aliphatic carbocycles. The molecule has 0 spiro atoms. The highest BCUT2D eigenvalue weighted by Gasteiger charge is 2.26. The molecular weight excluding hydrogens is 398 g/mol. The normalized spacial score (nSPS) is 21.6. The molecule has 26 heavy (non-hydrogen) atoms. The molecule has 7 heteroatoms. The van der Waals surface area contributed by atoms with Crippen molar-refractivity contribution in [2.45, 2.75) is 32.4 Å². The van der Waals surface area contributed by atoms with Crippen molar-refractivity contribution in [1.29, 1.82) is 0 Å². The Morgan fingerprint density at radius 2 is 2.08 bits per heavy atom. The molecule has 2 aliphatic heterocycles. The minimum absolute atomic E-state index is 0.0304. The van der Waals surface area contributed by atoms with Crippen LogP contribution in [0.3, 0.4) is 0 Å². The van der Waals surface area contributed by atoms with Crippen LogP contribution < -0.4 is 15.4 Å². The van der Waals surface area contributed by atoms with Gasteiger partial charge in [0.1, 0.15) is 5.75 Å². The van der Waals surface area contributed by atoms with Gasteiger partial charge in [0.05, 0.1) is 25.9 Å². The van der Waals surface area contributed by atoms with Gasteiger partial charge in [-0.25, -0.2) is 4.79 Å². The Morgan fingerprint density at radius 1 is 1.31 bits per heavy atom. The summed E-state index contributed by atoms with van der Waals surface area (Å²) in [5.74, 6) is 1.31. The first-order valence-electron chi connectivity index (χ1n) is 9.33. The molecule has 2 N–H and O–H groups in total. The van der Waals surface area contributed by atoms with Crippen molar-refractivity contribution in [3.63, 3.8) is 0 Å². The topological polar surface area (TPSA) is 62.8 Å². The molecule has 0 bridgehead atoms. The summed E-state index contributed by atoms with van der Waals surface area (Å²) in [5.41, 5.74) is 1.02. The highest BCUT2D eigenvalue weighted by molar-refractivity contribution is 9.10. The molecule has 3 rings (SSSR count). The minimum Gasteiger partial charge on any atom is -0.493 e. The van der Waals surface area contributed by atoms with Gasteiger partial charge in [0.15, 0.2) is 0 Å². The van der Waals surface area contributed by atoms with Gasteiger partial charge >= 0.3 is 6.03 Å². The van der Waals surface area contributed by atoms with Crippen LogP contribution in [0, 0.1) is 5.92 Å². The molecule has 1 fully saturated rings. The van der Waals surface area contributed by atoms with Gasteiger partial charge in [0.2, 0.25) is 0 Å². The van der Waals surface area contributed by atoms with Crippen LogP contribution in [0.1, 0.15) is 31.9 Å². The van der Waals surface area contributed by atoms with E-state index in [1.165, 1.54) is 0 Å². The number of nitrogens with one attached hydrogen (secondary N) is 2. The molecule has 1 aromatic rings. The van der Waals surface area contributed by atoms with Crippen LogP contribution in [0.15, 0.2) is 22.7 Å². The van der Waals surface area contributed by atoms with Crippen LogP contribution in [0.4, 0.5) is 4.79 Å². The van der Waals surface area contributed by atoms with Crippen LogP contribution in [-0.4, -0.2) is 56.4 Å². The van der Waals surface area contributed by atoms with E-state index in [0.29, 0.717) is 25.1 Å². The Labute approximate surface area is 163 Å². The molecule has 2 aliphatic rings. The SMILES string of the molecule is CC(C)C(CNC(=O)NC1CCOc2ccc(Br)cc21)N1CCOCC1. The van der Waals surface area contributed by atoms with Gasteiger partial charge in [-0.2, -0.15) is 0 Å². The molecule has 144 valence electrons. The van der Waals surface area contributed by atoms with Crippen molar-refractivity contribution in [2.24, 2.45) is 5.92 Å². The van der Waals surface area contributed by atoms with E-state index in [-0.39, 0.29) is 12.1 Å². The first-order valence-corrected chi connectivity index (χ1v) is 10.1. The van der Waals surface area contributed by atoms with E-state index < -0.39 is 0 Å². The molecule has 2 unspecified atom stereocenters. The number of nitrogens with zero attached hydrogens (tertiary/aromatic N) is 1. The molecule has 2 heterocycles. The summed E-state index contributed by atoms with van der Waals surface area (Å²) in [6.07, 6.45) is 0.772. The number of amides is 2. The molecule has 2 atom stereocenters. The average molecular weight is 426 g/mol. The van der Waals surface area contributed by atoms with Crippen molar-refractivity contribution >= 4 is 22.0 Å². The molecule has 0 radical (unpaired) electrons. The second-order valence-electron chi connectivity index (χ2n) is 7.19. The van der Waals surface area contributed by atoms with Crippen LogP contribution in [0.25, 0.3) is 0 Å². The molecule has 2 amide bonds. The van der Waals surface area contributed by atoms with E-state index in [0.717, 1.165) is 48.5 Å². The van der Waals surface area contributed by atoms with Crippen molar-refractivity contribution in [1.82, 2.24) is 15.5 Å². The first-order chi connectivity index (χ1) is 12.5. The van der Waals surface area contributed by atoms with Crippen molar-refractivity contribution in [3.05, 3.63) is 28.2 Å². The van der Waals surface area contributed by atoms with Crippen LogP contribution in [0.5, 0.6) is 5.75 Å². The van der Waals surface area contributed by atoms with Crippen molar-refractivity contribution in [2.75, 3.05) is 39.5 Å². The predicted molar refractivity (Wildman–Crippen MR) is 105 cm³/mol. The molecule has 1 saturated heterocycles. The first kappa shape index (κ1) is 19.5. The van der Waals surface area contributed by atoms with Crippen molar-refractivity contribution < 1.29 is 14.3 Å². The fourth-order valence-corrected chi connectivity index (χ4v) is 4.00. The second-order valence-corrected chi connectivity index (χ2v) is 8.10. The highest BCUT2D eigenvalue weighted by Crippen LogP contribution is 2.34. The summed E-state index contributed by atoms with van der Waals surface area (Å²) in [6, 6.07) is 6.08. The zero-order valence-corrected chi connectivity index (χ0v) is 17.0. The van der Waals surface area contributed by atoms with Gasteiger partial charge in [0, 0.05) is 42.1 Å². The number of urea groups is 1. The quantitative estimate of drug-likeness (QED) is 0.760. The Morgan fingerprint density at radius 3 is 2.81 bits per heavy atom. The summed E-state index contributed by atoms with van der Waals surface area (Å²) in [5, 5.41) is 6.17. The number of hydrogen-bond acceptors (Lipinski definition) is 4. The van der Waals surface area contributed by atoms with Gasteiger partial charge in [-0.3, -0.25) is 4.90 Å². The number of hydrogen-bond donors (Lipinski definition) is 2. The van der Waals surface area contributed by atoms with E-state index in [2.05, 4.69) is 45.3 Å². The fraction of sp³-hybridized carbons (Fsp3) is 0.632. The number of carbonyl (C=O) groups is 1. The average Bonchev–Trinajstić information content (AvgIpc) is 2.63. The summed E-state index contributed by atoms with van der Waals surface area (Å²) < 4.78 is 12.1. The van der Waals surface area contributed by atoms with E-state index in [1.54, 1.807) is 0 Å².